The van der Waals surface area contributed by atoms with Gasteiger partial charge in [0.15, 0.2) is 0 Å². The normalized spacial score (nSPS) is 15.0. The van der Waals surface area contributed by atoms with Gasteiger partial charge in [-0.1, -0.05) is 38.3 Å². The Morgan fingerprint density at radius 3 is 2.31 bits per heavy atom. The van der Waals surface area contributed by atoms with Crippen molar-refractivity contribution in [1.82, 2.24) is 0 Å². The van der Waals surface area contributed by atoms with Gasteiger partial charge in [-0.2, -0.15) is 0 Å². The smallest absolute Gasteiger partial charge is 0.119 e. The van der Waals surface area contributed by atoms with Crippen LogP contribution in [0.2, 0.25) is 0 Å². The van der Waals surface area contributed by atoms with Crippen LogP contribution in [0.4, 0.5) is 5.69 Å². The predicted octanol–water partition coefficient (Wildman–Crippen LogP) is 5.49. The Kier molecular flexibility index (Phi) is 7.24. The predicted molar refractivity (Wildman–Crippen MR) is 107 cm³/mol. The summed E-state index contributed by atoms with van der Waals surface area (Å²) in [4.78, 5) is 2.42. The molecule has 0 N–H and O–H groups in total. The van der Waals surface area contributed by atoms with Crippen LogP contribution in [0.1, 0.15) is 45.4 Å². The third kappa shape index (κ3) is 5.69. The topological polar surface area (TPSA) is 21.7 Å². The lowest BCUT2D eigenvalue weighted by Gasteiger charge is -2.33. The molecule has 2 aromatic rings. The molecule has 0 saturated carbocycles. The molecule has 1 aliphatic heterocycles. The molecule has 0 aromatic heterocycles. The van der Waals surface area contributed by atoms with Crippen molar-refractivity contribution in [3.8, 4) is 11.5 Å². The van der Waals surface area contributed by atoms with Crippen LogP contribution < -0.4 is 14.4 Å². The van der Waals surface area contributed by atoms with Crippen LogP contribution in [0, 0.1) is 6.07 Å². The van der Waals surface area contributed by atoms with Gasteiger partial charge in [0.25, 0.3) is 0 Å². The lowest BCUT2D eigenvalue weighted by Crippen LogP contribution is -2.38. The van der Waals surface area contributed by atoms with Crippen molar-refractivity contribution in [2.24, 2.45) is 0 Å². The monoisotopic (exact) mass is 352 g/mol. The zero-order valence-electron chi connectivity index (χ0n) is 15.8. The molecule has 1 saturated heterocycles. The highest BCUT2D eigenvalue weighted by atomic mass is 16.5. The van der Waals surface area contributed by atoms with Crippen LogP contribution in [0.5, 0.6) is 11.5 Å². The third-order valence-corrected chi connectivity index (χ3v) is 4.90. The molecular weight excluding hydrogens is 322 g/mol. The fraction of sp³-hybridized carbons (Fsp3) is 0.478. The maximum atomic E-state index is 6.16. The van der Waals surface area contributed by atoms with Crippen molar-refractivity contribution >= 4 is 5.69 Å². The van der Waals surface area contributed by atoms with Gasteiger partial charge >= 0.3 is 0 Å². The van der Waals surface area contributed by atoms with Gasteiger partial charge in [0, 0.05) is 31.6 Å². The van der Waals surface area contributed by atoms with E-state index >= 15 is 0 Å². The van der Waals surface area contributed by atoms with E-state index in [4.69, 9.17) is 9.47 Å². The average molecular weight is 352 g/mol. The Morgan fingerprint density at radius 1 is 0.923 bits per heavy atom. The Labute approximate surface area is 157 Å². The first kappa shape index (κ1) is 18.6. The van der Waals surface area contributed by atoms with Crippen molar-refractivity contribution in [3.05, 3.63) is 54.6 Å². The quantitative estimate of drug-likeness (QED) is 0.557. The number of hydrogen-bond donors (Lipinski definition) is 0. The molecule has 3 heteroatoms. The summed E-state index contributed by atoms with van der Waals surface area (Å²) in [6, 6.07) is 19.4. The number of rotatable bonds is 9. The van der Waals surface area contributed by atoms with Gasteiger partial charge in [0.05, 0.1) is 6.61 Å². The number of nitrogens with zero attached hydrogens (tertiary/aromatic N) is 1. The molecule has 3 rings (SSSR count). The number of benzene rings is 2. The number of unbranched alkanes of at least 4 members (excludes halogenated alkanes) is 3. The highest BCUT2D eigenvalue weighted by Crippen LogP contribution is 2.24. The van der Waals surface area contributed by atoms with Gasteiger partial charge < -0.3 is 14.4 Å². The maximum absolute atomic E-state index is 6.16. The van der Waals surface area contributed by atoms with E-state index in [1.807, 2.05) is 36.4 Å². The average Bonchev–Trinajstić information content (AvgIpc) is 2.70. The van der Waals surface area contributed by atoms with E-state index in [1.54, 1.807) is 0 Å². The van der Waals surface area contributed by atoms with E-state index in [0.717, 1.165) is 50.5 Å². The molecular formula is C23H30NO2. The van der Waals surface area contributed by atoms with Gasteiger partial charge in [-0.25, -0.2) is 0 Å². The summed E-state index contributed by atoms with van der Waals surface area (Å²) in [5, 5.41) is 0. The van der Waals surface area contributed by atoms with Gasteiger partial charge in [-0.3, -0.25) is 0 Å². The minimum absolute atomic E-state index is 0.294. The van der Waals surface area contributed by atoms with Crippen LogP contribution in [0.3, 0.4) is 0 Å². The third-order valence-electron chi connectivity index (χ3n) is 4.90. The first-order valence-electron chi connectivity index (χ1n) is 9.96. The van der Waals surface area contributed by atoms with Crippen LogP contribution in [-0.4, -0.2) is 25.8 Å². The Morgan fingerprint density at radius 2 is 1.62 bits per heavy atom. The molecule has 0 unspecified atom stereocenters. The van der Waals surface area contributed by atoms with Crippen LogP contribution in [0.25, 0.3) is 0 Å². The summed E-state index contributed by atoms with van der Waals surface area (Å²) in [5.74, 6) is 1.88. The molecule has 1 heterocycles. The SMILES string of the molecule is CCCCCCOc1ccc(OC2CCN(c3cc[c]cc3)CC2)cc1. The first-order valence-corrected chi connectivity index (χ1v) is 9.96. The second kappa shape index (κ2) is 10.1. The second-order valence-corrected chi connectivity index (χ2v) is 6.94. The van der Waals surface area contributed by atoms with Gasteiger partial charge in [0.1, 0.15) is 17.6 Å². The van der Waals surface area contributed by atoms with E-state index in [9.17, 15) is 0 Å². The zero-order valence-corrected chi connectivity index (χ0v) is 15.8. The molecule has 139 valence electrons. The van der Waals surface area contributed by atoms with Crippen molar-refractivity contribution in [1.29, 1.82) is 0 Å². The molecule has 0 bridgehead atoms. The molecule has 0 amide bonds. The minimum Gasteiger partial charge on any atom is -0.494 e. The summed E-state index contributed by atoms with van der Waals surface area (Å²) in [6.07, 6.45) is 7.32. The summed E-state index contributed by atoms with van der Waals surface area (Å²) in [6.45, 7) is 5.10. The minimum atomic E-state index is 0.294. The molecule has 26 heavy (non-hydrogen) atoms. The fourth-order valence-corrected chi connectivity index (χ4v) is 3.35. The molecule has 1 aliphatic rings. The largest absolute Gasteiger partial charge is 0.494 e. The summed E-state index contributed by atoms with van der Waals surface area (Å²) >= 11 is 0. The second-order valence-electron chi connectivity index (χ2n) is 6.94. The number of piperidine rings is 1. The molecule has 3 nitrogen and oxygen atoms in total. The molecule has 2 aromatic carbocycles. The van der Waals surface area contributed by atoms with E-state index in [-0.39, 0.29) is 0 Å². The van der Waals surface area contributed by atoms with Crippen LogP contribution >= 0.6 is 0 Å². The van der Waals surface area contributed by atoms with Crippen LogP contribution in [0.15, 0.2) is 48.5 Å². The van der Waals surface area contributed by atoms with E-state index in [0.29, 0.717) is 6.10 Å². The van der Waals surface area contributed by atoms with Gasteiger partial charge in [-0.15, -0.1) is 0 Å². The number of hydrogen-bond acceptors (Lipinski definition) is 3. The first-order chi connectivity index (χ1) is 12.8. The zero-order chi connectivity index (χ0) is 18.0. The molecule has 0 aliphatic carbocycles. The summed E-state index contributed by atoms with van der Waals surface area (Å²) in [5.41, 5.74) is 1.28. The van der Waals surface area contributed by atoms with Crippen molar-refractivity contribution in [2.45, 2.75) is 51.6 Å². The lowest BCUT2D eigenvalue weighted by atomic mass is 10.1. The summed E-state index contributed by atoms with van der Waals surface area (Å²) < 4.78 is 12.0. The highest BCUT2D eigenvalue weighted by Gasteiger charge is 2.20. The number of anilines is 1. The van der Waals surface area contributed by atoms with E-state index in [1.165, 1.54) is 24.9 Å². The van der Waals surface area contributed by atoms with Gasteiger partial charge in [-0.05, 0) is 48.9 Å². The molecule has 0 spiro atoms. The molecule has 1 fully saturated rings. The summed E-state index contributed by atoms with van der Waals surface area (Å²) in [7, 11) is 0. The highest BCUT2D eigenvalue weighted by molar-refractivity contribution is 5.46. The van der Waals surface area contributed by atoms with Crippen molar-refractivity contribution in [2.75, 3.05) is 24.6 Å². The van der Waals surface area contributed by atoms with Crippen LogP contribution in [-0.2, 0) is 0 Å². The Hall–Kier alpha value is -2.16. The van der Waals surface area contributed by atoms with Crippen molar-refractivity contribution in [3.63, 3.8) is 0 Å². The van der Waals surface area contributed by atoms with E-state index in [2.05, 4.69) is 30.0 Å². The fourth-order valence-electron chi connectivity index (χ4n) is 3.35. The van der Waals surface area contributed by atoms with E-state index < -0.39 is 0 Å². The number of ether oxygens (including phenoxy) is 2. The van der Waals surface area contributed by atoms with Crippen molar-refractivity contribution < 1.29 is 9.47 Å². The molecule has 0 atom stereocenters. The standard InChI is InChI=1S/C23H30NO2/c1-2-3-4-8-19-25-21-11-13-22(14-12-21)26-23-15-17-24(18-16-23)20-9-6-5-7-10-20/h6-7,9-14,23H,2-4,8,15-19H2,1H3. The van der Waals surface area contributed by atoms with Gasteiger partial charge in [0.2, 0.25) is 0 Å². The maximum Gasteiger partial charge on any atom is 0.119 e. The Bertz CT molecular complexity index is 618. The lowest BCUT2D eigenvalue weighted by molar-refractivity contribution is 0.170. The molecule has 1 radical (unpaired) electrons. The Balaban J connectivity index is 1.39.